The highest BCUT2D eigenvalue weighted by atomic mass is 16.1. The Balaban J connectivity index is 1.52. The second-order valence-electron chi connectivity index (χ2n) is 5.02. The number of hydrogen-bond acceptors (Lipinski definition) is 2. The maximum atomic E-state index is 11.8. The molecule has 22 heavy (non-hydrogen) atoms. The number of amides is 1. The molecule has 0 aliphatic heterocycles. The summed E-state index contributed by atoms with van der Waals surface area (Å²) in [5.74, 6) is -0.0938. The number of benzene rings is 1. The molecule has 1 amide bonds. The van der Waals surface area contributed by atoms with E-state index in [0.717, 1.165) is 17.5 Å². The molecule has 2 aromatic heterocycles. The van der Waals surface area contributed by atoms with Gasteiger partial charge in [0.05, 0.1) is 0 Å². The van der Waals surface area contributed by atoms with Crippen LogP contribution >= 0.6 is 0 Å². The van der Waals surface area contributed by atoms with E-state index in [0.29, 0.717) is 6.54 Å². The van der Waals surface area contributed by atoms with Gasteiger partial charge in [0.25, 0.3) is 0 Å². The van der Waals surface area contributed by atoms with Gasteiger partial charge in [0.15, 0.2) is 0 Å². The molecular weight excluding hydrogens is 274 g/mol. The molecule has 0 bridgehead atoms. The molecule has 0 unspecified atom stereocenters. The smallest absolute Gasteiger partial charge is 0.244 e. The quantitative estimate of drug-likeness (QED) is 0.710. The van der Waals surface area contributed by atoms with Crippen LogP contribution in [-0.4, -0.2) is 22.4 Å². The third-order valence-corrected chi connectivity index (χ3v) is 3.48. The predicted octanol–water partition coefficient (Wildman–Crippen LogP) is 2.94. The van der Waals surface area contributed by atoms with Crippen molar-refractivity contribution in [3.63, 3.8) is 0 Å². The number of carbonyl (C=O) groups excluding carboxylic acids is 1. The van der Waals surface area contributed by atoms with Gasteiger partial charge < -0.3 is 10.3 Å². The van der Waals surface area contributed by atoms with Crippen LogP contribution in [0.2, 0.25) is 0 Å². The number of pyridine rings is 1. The van der Waals surface area contributed by atoms with Crippen LogP contribution in [0, 0.1) is 0 Å². The average Bonchev–Trinajstić information content (AvgIpc) is 2.97. The number of fused-ring (bicyclic) bond motifs is 1. The van der Waals surface area contributed by atoms with E-state index in [-0.39, 0.29) is 5.91 Å². The molecule has 0 fully saturated rings. The summed E-state index contributed by atoms with van der Waals surface area (Å²) in [5, 5.41) is 4.11. The Kier molecular flexibility index (Phi) is 4.30. The van der Waals surface area contributed by atoms with Crippen molar-refractivity contribution in [3.05, 3.63) is 72.2 Å². The molecule has 0 aliphatic carbocycles. The topological polar surface area (TPSA) is 57.8 Å². The minimum atomic E-state index is -0.0938. The first kappa shape index (κ1) is 14.1. The lowest BCUT2D eigenvalue weighted by Crippen LogP contribution is -2.23. The fourth-order valence-corrected chi connectivity index (χ4v) is 2.36. The maximum Gasteiger partial charge on any atom is 0.244 e. The summed E-state index contributed by atoms with van der Waals surface area (Å²) in [6.45, 7) is 0.609. The SMILES string of the molecule is O=C(C=Cc1cccnc1)NCCc1c[nH]c2ccccc12. The largest absolute Gasteiger partial charge is 0.361 e. The summed E-state index contributed by atoms with van der Waals surface area (Å²) < 4.78 is 0. The number of rotatable bonds is 5. The van der Waals surface area contributed by atoms with Gasteiger partial charge in [-0.25, -0.2) is 0 Å². The highest BCUT2D eigenvalue weighted by Gasteiger charge is 2.03. The second kappa shape index (κ2) is 6.72. The average molecular weight is 291 g/mol. The first-order valence-electron chi connectivity index (χ1n) is 7.24. The monoisotopic (exact) mass is 291 g/mol. The Labute approximate surface area is 128 Å². The van der Waals surface area contributed by atoms with Crippen molar-refractivity contribution in [3.8, 4) is 0 Å². The van der Waals surface area contributed by atoms with Gasteiger partial charge in [0.2, 0.25) is 5.91 Å². The van der Waals surface area contributed by atoms with Crippen molar-refractivity contribution in [2.75, 3.05) is 6.54 Å². The van der Waals surface area contributed by atoms with Gasteiger partial charge in [-0.15, -0.1) is 0 Å². The Morgan fingerprint density at radius 1 is 1.23 bits per heavy atom. The third-order valence-electron chi connectivity index (χ3n) is 3.48. The first-order valence-corrected chi connectivity index (χ1v) is 7.24. The van der Waals surface area contributed by atoms with E-state index < -0.39 is 0 Å². The van der Waals surface area contributed by atoms with Crippen molar-refractivity contribution in [1.82, 2.24) is 15.3 Å². The highest BCUT2D eigenvalue weighted by molar-refractivity contribution is 5.91. The van der Waals surface area contributed by atoms with Crippen molar-refractivity contribution in [2.24, 2.45) is 0 Å². The van der Waals surface area contributed by atoms with Gasteiger partial charge in [0, 0.05) is 42.1 Å². The second-order valence-corrected chi connectivity index (χ2v) is 5.02. The van der Waals surface area contributed by atoms with Gasteiger partial charge in [-0.2, -0.15) is 0 Å². The molecule has 4 heteroatoms. The molecule has 0 saturated heterocycles. The Bertz CT molecular complexity index is 790. The predicted molar refractivity (Wildman–Crippen MR) is 88.3 cm³/mol. The number of aromatic amines is 1. The van der Waals surface area contributed by atoms with Gasteiger partial charge in [-0.3, -0.25) is 9.78 Å². The van der Waals surface area contributed by atoms with Crippen LogP contribution in [0.5, 0.6) is 0 Å². The van der Waals surface area contributed by atoms with Crippen molar-refractivity contribution in [1.29, 1.82) is 0 Å². The maximum absolute atomic E-state index is 11.8. The van der Waals surface area contributed by atoms with Crippen LogP contribution < -0.4 is 5.32 Å². The molecule has 1 aromatic carbocycles. The van der Waals surface area contributed by atoms with Gasteiger partial charge in [-0.1, -0.05) is 24.3 Å². The lowest BCUT2D eigenvalue weighted by molar-refractivity contribution is -0.116. The van der Waals surface area contributed by atoms with Gasteiger partial charge in [0.1, 0.15) is 0 Å². The Hall–Kier alpha value is -2.88. The number of hydrogen-bond donors (Lipinski definition) is 2. The number of para-hydroxylation sites is 1. The molecule has 2 N–H and O–H groups in total. The number of aromatic nitrogens is 2. The molecule has 3 rings (SSSR count). The van der Waals surface area contributed by atoms with E-state index in [9.17, 15) is 4.79 Å². The highest BCUT2D eigenvalue weighted by Crippen LogP contribution is 2.17. The standard InChI is InChI=1S/C18H17N3O/c22-18(8-7-14-4-3-10-19-12-14)20-11-9-15-13-21-17-6-2-1-5-16(15)17/h1-8,10,12-13,21H,9,11H2,(H,20,22). The van der Waals surface area contributed by atoms with Gasteiger partial charge in [-0.05, 0) is 35.8 Å². The Morgan fingerprint density at radius 2 is 2.14 bits per heavy atom. The summed E-state index contributed by atoms with van der Waals surface area (Å²) in [6, 6.07) is 11.9. The van der Waals surface area contributed by atoms with E-state index in [1.54, 1.807) is 18.5 Å². The molecule has 0 atom stereocenters. The number of nitrogens with one attached hydrogen (secondary N) is 2. The normalized spacial score (nSPS) is 11.1. The molecule has 0 saturated carbocycles. The summed E-state index contributed by atoms with van der Waals surface area (Å²) in [4.78, 5) is 19.0. The first-order chi connectivity index (χ1) is 10.8. The number of nitrogens with zero attached hydrogens (tertiary/aromatic N) is 1. The zero-order valence-corrected chi connectivity index (χ0v) is 12.1. The van der Waals surface area contributed by atoms with Crippen molar-refractivity contribution >= 4 is 22.9 Å². The summed E-state index contributed by atoms with van der Waals surface area (Å²) >= 11 is 0. The molecule has 4 nitrogen and oxygen atoms in total. The minimum absolute atomic E-state index is 0.0938. The van der Waals surface area contributed by atoms with E-state index in [4.69, 9.17) is 0 Å². The fourth-order valence-electron chi connectivity index (χ4n) is 2.36. The molecule has 2 heterocycles. The van der Waals surface area contributed by atoms with Crippen LogP contribution in [0.25, 0.3) is 17.0 Å². The lowest BCUT2D eigenvalue weighted by atomic mass is 10.1. The van der Waals surface area contributed by atoms with Crippen LogP contribution in [0.3, 0.4) is 0 Å². The van der Waals surface area contributed by atoms with Gasteiger partial charge >= 0.3 is 0 Å². The zero-order valence-electron chi connectivity index (χ0n) is 12.1. The van der Waals surface area contributed by atoms with E-state index >= 15 is 0 Å². The zero-order chi connectivity index (χ0) is 15.2. The summed E-state index contributed by atoms with van der Waals surface area (Å²) in [6.07, 6.45) is 9.52. The molecular formula is C18H17N3O. The summed E-state index contributed by atoms with van der Waals surface area (Å²) in [5.41, 5.74) is 3.25. The number of carbonyl (C=O) groups is 1. The van der Waals surface area contributed by atoms with E-state index in [2.05, 4.69) is 21.4 Å². The lowest BCUT2D eigenvalue weighted by Gasteiger charge is -2.01. The summed E-state index contributed by atoms with van der Waals surface area (Å²) in [7, 11) is 0. The molecule has 0 aliphatic rings. The minimum Gasteiger partial charge on any atom is -0.361 e. The molecule has 0 spiro atoms. The Morgan fingerprint density at radius 3 is 3.00 bits per heavy atom. The molecule has 110 valence electrons. The van der Waals surface area contributed by atoms with Crippen molar-refractivity contribution in [2.45, 2.75) is 6.42 Å². The van der Waals surface area contributed by atoms with Crippen molar-refractivity contribution < 1.29 is 4.79 Å². The molecule has 3 aromatic rings. The van der Waals surface area contributed by atoms with E-state index in [1.807, 2.05) is 36.5 Å². The van der Waals surface area contributed by atoms with Crippen LogP contribution in [0.15, 0.2) is 61.1 Å². The van der Waals surface area contributed by atoms with Crippen LogP contribution in [0.1, 0.15) is 11.1 Å². The van der Waals surface area contributed by atoms with Crippen LogP contribution in [0.4, 0.5) is 0 Å². The third kappa shape index (κ3) is 3.41. The number of H-pyrrole nitrogens is 1. The van der Waals surface area contributed by atoms with Crippen LogP contribution in [-0.2, 0) is 11.2 Å². The fraction of sp³-hybridized carbons (Fsp3) is 0.111. The van der Waals surface area contributed by atoms with E-state index in [1.165, 1.54) is 17.0 Å². The molecule has 0 radical (unpaired) electrons.